The maximum absolute atomic E-state index is 11.3. The molecule has 4 heteroatoms. The normalized spacial score (nSPS) is 21.7. The Morgan fingerprint density at radius 2 is 1.52 bits per heavy atom. The van der Waals surface area contributed by atoms with Crippen LogP contribution < -0.4 is 5.32 Å². The predicted molar refractivity (Wildman–Crippen MR) is 96.7 cm³/mol. The molecule has 2 N–H and O–H groups in total. The minimum atomic E-state index is -0.693. The van der Waals surface area contributed by atoms with Crippen LogP contribution in [0.15, 0.2) is 0 Å². The highest BCUT2D eigenvalue weighted by Gasteiger charge is 2.42. The summed E-state index contributed by atoms with van der Waals surface area (Å²) in [4.78, 5) is 11.3. The minimum absolute atomic E-state index is 0.214. The molecule has 1 saturated heterocycles. The van der Waals surface area contributed by atoms with Gasteiger partial charge >= 0.3 is 5.97 Å². The van der Waals surface area contributed by atoms with Crippen molar-refractivity contribution in [3.05, 3.63) is 0 Å². The number of quaternary nitrogens is 1. The van der Waals surface area contributed by atoms with Crippen LogP contribution in [0.2, 0.25) is 0 Å². The summed E-state index contributed by atoms with van der Waals surface area (Å²) >= 11 is 0. The van der Waals surface area contributed by atoms with Crippen LogP contribution in [0.5, 0.6) is 0 Å². The van der Waals surface area contributed by atoms with E-state index in [2.05, 4.69) is 26.3 Å². The number of nitrogens with zero attached hydrogens (tertiary/aromatic N) is 1. The molecule has 1 aliphatic rings. The molecule has 1 rings (SSSR count). The summed E-state index contributed by atoms with van der Waals surface area (Å²) in [7, 11) is 4.39. The second kappa shape index (κ2) is 11.0. The highest BCUT2D eigenvalue weighted by Crippen LogP contribution is 2.21. The number of likely N-dealkylation sites (N-methyl/N-ethyl adjacent to an activating group) is 1. The van der Waals surface area contributed by atoms with Gasteiger partial charge in [0.2, 0.25) is 0 Å². The molecule has 0 amide bonds. The van der Waals surface area contributed by atoms with Gasteiger partial charge in [-0.15, -0.1) is 0 Å². The van der Waals surface area contributed by atoms with Crippen molar-refractivity contribution in [1.29, 1.82) is 0 Å². The Labute approximate surface area is 143 Å². The van der Waals surface area contributed by atoms with Crippen LogP contribution >= 0.6 is 0 Å². The molecule has 0 aromatic rings. The highest BCUT2D eigenvalue weighted by molar-refractivity contribution is 5.74. The van der Waals surface area contributed by atoms with Crippen LogP contribution in [0, 0.1) is 0 Å². The molecular weight excluding hydrogens is 288 g/mol. The van der Waals surface area contributed by atoms with Gasteiger partial charge in [-0.2, -0.15) is 0 Å². The standard InChI is InChI=1S/C19H38N2O2/c1-4-5-6-7-8-9-10-11-12-13-16-21(2,3)17-14-15-20-18(17)19(22)23/h17-18,20H,4-16H2,1-3H3/p+1/t17?,18-/m0/s1. The van der Waals surface area contributed by atoms with Crippen LogP contribution in [0.3, 0.4) is 0 Å². The summed E-state index contributed by atoms with van der Waals surface area (Å²) in [5, 5.41) is 12.5. The van der Waals surface area contributed by atoms with Crippen LogP contribution in [0.1, 0.15) is 77.6 Å². The zero-order valence-electron chi connectivity index (χ0n) is 15.6. The molecule has 0 radical (unpaired) electrons. The molecule has 2 atom stereocenters. The molecule has 4 nitrogen and oxygen atoms in total. The lowest BCUT2D eigenvalue weighted by atomic mass is 10.0. The van der Waals surface area contributed by atoms with Crippen LogP contribution in [0.25, 0.3) is 0 Å². The van der Waals surface area contributed by atoms with E-state index in [0.717, 1.165) is 24.0 Å². The lowest BCUT2D eigenvalue weighted by molar-refractivity contribution is -0.914. The van der Waals surface area contributed by atoms with Crippen molar-refractivity contribution in [1.82, 2.24) is 5.32 Å². The van der Waals surface area contributed by atoms with Gasteiger partial charge in [0, 0.05) is 13.0 Å². The Bertz CT molecular complexity index is 331. The van der Waals surface area contributed by atoms with Crippen molar-refractivity contribution >= 4 is 5.97 Å². The second-order valence-electron chi connectivity index (χ2n) is 7.81. The first-order chi connectivity index (χ1) is 11.0. The SMILES string of the molecule is CCCCCCCCCCCC[N+](C)(C)C1CCN[C@@H]1C(=O)O. The maximum atomic E-state index is 11.3. The zero-order chi connectivity index (χ0) is 17.1. The van der Waals surface area contributed by atoms with Gasteiger partial charge in [-0.1, -0.05) is 58.3 Å². The molecule has 0 aliphatic carbocycles. The van der Waals surface area contributed by atoms with E-state index in [1.807, 2.05) is 0 Å². The highest BCUT2D eigenvalue weighted by atomic mass is 16.4. The molecule has 23 heavy (non-hydrogen) atoms. The van der Waals surface area contributed by atoms with Gasteiger partial charge < -0.3 is 9.59 Å². The van der Waals surface area contributed by atoms with E-state index in [-0.39, 0.29) is 12.1 Å². The van der Waals surface area contributed by atoms with Gasteiger partial charge in [-0.3, -0.25) is 10.1 Å². The van der Waals surface area contributed by atoms with Gasteiger partial charge in [-0.05, 0) is 12.8 Å². The second-order valence-corrected chi connectivity index (χ2v) is 7.81. The van der Waals surface area contributed by atoms with Crippen molar-refractivity contribution in [3.8, 4) is 0 Å². The average molecular weight is 328 g/mol. The van der Waals surface area contributed by atoms with E-state index in [4.69, 9.17) is 0 Å². The molecule has 0 saturated carbocycles. The van der Waals surface area contributed by atoms with Crippen molar-refractivity contribution < 1.29 is 14.4 Å². The first-order valence-corrected chi connectivity index (χ1v) is 9.78. The number of unbranched alkanes of at least 4 members (excludes halogenated alkanes) is 9. The third-order valence-electron chi connectivity index (χ3n) is 5.44. The van der Waals surface area contributed by atoms with Crippen molar-refractivity contribution in [2.45, 2.75) is 89.6 Å². The van der Waals surface area contributed by atoms with Gasteiger partial charge in [-0.25, -0.2) is 0 Å². The summed E-state index contributed by atoms with van der Waals surface area (Å²) in [5.74, 6) is -0.693. The molecule has 1 fully saturated rings. The Kier molecular flexibility index (Phi) is 9.80. The first kappa shape index (κ1) is 20.4. The fraction of sp³-hybridized carbons (Fsp3) is 0.947. The minimum Gasteiger partial charge on any atom is -0.480 e. The smallest absolute Gasteiger partial charge is 0.326 e. The summed E-state index contributed by atoms with van der Waals surface area (Å²) in [5.41, 5.74) is 0. The van der Waals surface area contributed by atoms with Crippen LogP contribution in [0.4, 0.5) is 0 Å². The van der Waals surface area contributed by atoms with Gasteiger partial charge in [0.05, 0.1) is 20.6 Å². The van der Waals surface area contributed by atoms with Crippen molar-refractivity contribution in [2.24, 2.45) is 0 Å². The largest absolute Gasteiger partial charge is 0.480 e. The van der Waals surface area contributed by atoms with Crippen molar-refractivity contribution in [3.63, 3.8) is 0 Å². The summed E-state index contributed by atoms with van der Waals surface area (Å²) in [6, 6.07) is -0.154. The number of carboxylic acid groups (broad SMARTS) is 1. The molecule has 1 unspecified atom stereocenters. The van der Waals surface area contributed by atoms with Crippen LogP contribution in [-0.4, -0.2) is 54.8 Å². The molecule has 0 bridgehead atoms. The first-order valence-electron chi connectivity index (χ1n) is 9.78. The fourth-order valence-electron chi connectivity index (χ4n) is 3.87. The number of hydrogen-bond acceptors (Lipinski definition) is 2. The van der Waals surface area contributed by atoms with Gasteiger partial charge in [0.15, 0.2) is 6.04 Å². The third-order valence-corrected chi connectivity index (χ3v) is 5.44. The molecule has 1 aliphatic heterocycles. The van der Waals surface area contributed by atoms with E-state index < -0.39 is 5.97 Å². The molecular formula is C19H39N2O2+. The predicted octanol–water partition coefficient (Wildman–Crippen LogP) is 3.80. The molecule has 136 valence electrons. The lowest BCUT2D eigenvalue weighted by Crippen LogP contribution is -2.56. The Hall–Kier alpha value is -0.610. The van der Waals surface area contributed by atoms with Crippen LogP contribution in [-0.2, 0) is 4.79 Å². The molecule has 0 aromatic carbocycles. The number of carbonyl (C=O) groups is 1. The maximum Gasteiger partial charge on any atom is 0.326 e. The van der Waals surface area contributed by atoms with Crippen molar-refractivity contribution in [2.75, 3.05) is 27.2 Å². The molecule has 0 spiro atoms. The monoisotopic (exact) mass is 327 g/mol. The number of nitrogens with one attached hydrogen (secondary N) is 1. The van der Waals surface area contributed by atoms with Gasteiger partial charge in [0.25, 0.3) is 0 Å². The Balaban J connectivity index is 2.09. The number of carboxylic acids is 1. The van der Waals surface area contributed by atoms with E-state index in [1.54, 1.807) is 0 Å². The van der Waals surface area contributed by atoms with Gasteiger partial charge in [0.1, 0.15) is 6.04 Å². The lowest BCUT2D eigenvalue weighted by Gasteiger charge is -2.37. The fourth-order valence-corrected chi connectivity index (χ4v) is 3.87. The summed E-state index contributed by atoms with van der Waals surface area (Å²) in [6.07, 6.45) is 14.5. The molecule has 0 aromatic heterocycles. The number of rotatable bonds is 13. The summed E-state index contributed by atoms with van der Waals surface area (Å²) in [6.45, 7) is 4.19. The number of hydrogen-bond donors (Lipinski definition) is 2. The van der Waals surface area contributed by atoms with E-state index in [0.29, 0.717) is 0 Å². The topological polar surface area (TPSA) is 49.3 Å². The van der Waals surface area contributed by atoms with E-state index in [1.165, 1.54) is 64.2 Å². The molecule has 1 heterocycles. The summed E-state index contributed by atoms with van der Waals surface area (Å²) < 4.78 is 0.834. The van der Waals surface area contributed by atoms with E-state index in [9.17, 15) is 9.90 Å². The average Bonchev–Trinajstić information content (AvgIpc) is 3.00. The Morgan fingerprint density at radius 1 is 1.00 bits per heavy atom. The quantitative estimate of drug-likeness (QED) is 0.399. The third kappa shape index (κ3) is 7.67. The zero-order valence-corrected chi connectivity index (χ0v) is 15.6. The number of aliphatic carboxylic acids is 1. The van der Waals surface area contributed by atoms with E-state index >= 15 is 0 Å². The Morgan fingerprint density at radius 3 is 2.04 bits per heavy atom.